The van der Waals surface area contributed by atoms with Crippen molar-refractivity contribution in [2.45, 2.75) is 69.0 Å². The van der Waals surface area contributed by atoms with E-state index < -0.39 is 8.32 Å². The summed E-state index contributed by atoms with van der Waals surface area (Å²) >= 11 is 4.04. The number of benzene rings is 1. The van der Waals surface area contributed by atoms with E-state index in [-0.39, 0.29) is 27.7 Å². The molecule has 0 radical (unpaired) electrons. The molecule has 2 rings (SSSR count). The van der Waals surface area contributed by atoms with E-state index >= 15 is 0 Å². The highest BCUT2D eigenvalue weighted by Crippen LogP contribution is 2.48. The van der Waals surface area contributed by atoms with Crippen LogP contribution in [0.5, 0.6) is 0 Å². The predicted molar refractivity (Wildman–Crippen MR) is 136 cm³/mol. The first-order valence-electron chi connectivity index (χ1n) is 10.9. The Morgan fingerprint density at radius 2 is 1.80 bits per heavy atom. The van der Waals surface area contributed by atoms with Gasteiger partial charge in [-0.1, -0.05) is 63.3 Å². The molecule has 1 heterocycles. The largest absolute Gasteiger partial charge is 0.410 e. The van der Waals surface area contributed by atoms with Gasteiger partial charge in [0.25, 0.3) is 0 Å². The lowest BCUT2D eigenvalue weighted by molar-refractivity contribution is 0.0985. The molecule has 0 bridgehead atoms. The molecule has 1 aliphatic heterocycles. The highest BCUT2D eigenvalue weighted by atomic mass is 32.2. The Hall–Kier alpha value is -0.243. The Morgan fingerprint density at radius 1 is 1.17 bits per heavy atom. The van der Waals surface area contributed by atoms with Crippen LogP contribution in [-0.2, 0) is 15.8 Å². The maximum Gasteiger partial charge on any atom is 0.192 e. The Morgan fingerprint density at radius 3 is 2.37 bits per heavy atom. The van der Waals surface area contributed by atoms with Gasteiger partial charge in [0.05, 0.1) is 23.4 Å². The summed E-state index contributed by atoms with van der Waals surface area (Å²) in [6, 6.07) is 10.2. The number of aliphatic hydroxyl groups excluding tert-OH is 1. The van der Waals surface area contributed by atoms with Crippen molar-refractivity contribution in [3.8, 4) is 0 Å². The summed E-state index contributed by atoms with van der Waals surface area (Å²) in [6.07, 6.45) is 5.07. The molecule has 1 saturated heterocycles. The average molecular weight is 469 g/mol. The minimum Gasteiger partial charge on any atom is -0.410 e. The number of rotatable bonds is 11. The normalized spacial score (nSPS) is 19.3. The van der Waals surface area contributed by atoms with Crippen molar-refractivity contribution in [1.82, 2.24) is 0 Å². The number of hydrogen-bond donors (Lipinski definition) is 1. The van der Waals surface area contributed by atoms with Crippen molar-refractivity contribution in [3.05, 3.63) is 48.0 Å². The van der Waals surface area contributed by atoms with Gasteiger partial charge in [-0.3, -0.25) is 0 Å². The van der Waals surface area contributed by atoms with E-state index in [1.54, 1.807) is 0 Å². The van der Waals surface area contributed by atoms with Crippen molar-refractivity contribution in [1.29, 1.82) is 0 Å². The smallest absolute Gasteiger partial charge is 0.192 e. The van der Waals surface area contributed by atoms with Crippen molar-refractivity contribution in [2.24, 2.45) is 5.92 Å². The maximum absolute atomic E-state index is 10.3. The van der Waals surface area contributed by atoms with Crippen molar-refractivity contribution >= 4 is 31.8 Å². The molecule has 0 spiro atoms. The lowest BCUT2D eigenvalue weighted by Gasteiger charge is -2.41. The number of thioether (sulfide) groups is 2. The van der Waals surface area contributed by atoms with Gasteiger partial charge in [0.1, 0.15) is 0 Å². The molecule has 170 valence electrons. The molecule has 1 fully saturated rings. The molecule has 1 N–H and O–H groups in total. The highest BCUT2D eigenvalue weighted by molar-refractivity contribution is 8.21. The molecular formula is C24H40O3S2Si. The molecule has 0 aliphatic carbocycles. The van der Waals surface area contributed by atoms with Crippen LogP contribution in [-0.4, -0.2) is 48.3 Å². The van der Waals surface area contributed by atoms with Crippen molar-refractivity contribution in [3.63, 3.8) is 0 Å². The van der Waals surface area contributed by atoms with Gasteiger partial charge in [0, 0.05) is 24.0 Å². The van der Waals surface area contributed by atoms with E-state index in [9.17, 15) is 5.11 Å². The zero-order valence-electron chi connectivity index (χ0n) is 19.5. The van der Waals surface area contributed by atoms with Crippen LogP contribution < -0.4 is 0 Å². The van der Waals surface area contributed by atoms with Crippen LogP contribution in [0.4, 0.5) is 0 Å². The number of aliphatic hydroxyl groups is 1. The fourth-order valence-corrected chi connectivity index (χ4v) is 7.59. The molecule has 1 aromatic carbocycles. The van der Waals surface area contributed by atoms with Crippen LogP contribution >= 0.6 is 23.5 Å². The van der Waals surface area contributed by atoms with E-state index in [2.05, 4.69) is 65.1 Å². The molecule has 0 saturated carbocycles. The van der Waals surface area contributed by atoms with Crippen LogP contribution in [0.25, 0.3) is 0 Å². The Kier molecular flexibility index (Phi) is 10.0. The summed E-state index contributed by atoms with van der Waals surface area (Å²) in [6.45, 7) is 15.0. The van der Waals surface area contributed by atoms with E-state index in [0.29, 0.717) is 13.2 Å². The summed E-state index contributed by atoms with van der Waals surface area (Å²) in [5.74, 6) is 2.47. The molecule has 6 heteroatoms. The van der Waals surface area contributed by atoms with Crippen LogP contribution in [0.3, 0.4) is 0 Å². The van der Waals surface area contributed by atoms with E-state index in [1.807, 2.05) is 41.7 Å². The third-order valence-corrected chi connectivity index (χ3v) is 13.9. The van der Waals surface area contributed by atoms with Crippen molar-refractivity contribution < 1.29 is 14.3 Å². The van der Waals surface area contributed by atoms with Gasteiger partial charge >= 0.3 is 0 Å². The Bertz CT molecular complexity index is 652. The van der Waals surface area contributed by atoms with E-state index in [4.69, 9.17) is 9.16 Å². The van der Waals surface area contributed by atoms with Gasteiger partial charge < -0.3 is 14.3 Å². The second kappa shape index (κ2) is 11.6. The fraction of sp³-hybridized carbons (Fsp3) is 0.667. The van der Waals surface area contributed by atoms with Gasteiger partial charge in [-0.15, -0.1) is 23.5 Å². The molecule has 0 amide bonds. The molecule has 2 atom stereocenters. The van der Waals surface area contributed by atoms with Crippen molar-refractivity contribution in [2.75, 3.05) is 24.7 Å². The molecule has 30 heavy (non-hydrogen) atoms. The van der Waals surface area contributed by atoms with Crippen LogP contribution in [0.2, 0.25) is 18.1 Å². The summed E-state index contributed by atoms with van der Waals surface area (Å²) in [4.78, 5) is 0. The van der Waals surface area contributed by atoms with Gasteiger partial charge in [-0.2, -0.15) is 0 Å². The van der Waals surface area contributed by atoms with Crippen LogP contribution in [0.1, 0.15) is 39.7 Å². The first kappa shape index (κ1) is 26.0. The number of hydrogen-bond acceptors (Lipinski definition) is 5. The Balaban J connectivity index is 2.05. The lowest BCUT2D eigenvalue weighted by Crippen LogP contribution is -2.46. The van der Waals surface area contributed by atoms with Crippen LogP contribution in [0.15, 0.2) is 42.5 Å². The average Bonchev–Trinajstić information content (AvgIpc) is 3.11. The second-order valence-corrected chi connectivity index (χ2v) is 18.0. The quantitative estimate of drug-likeness (QED) is 0.233. The van der Waals surface area contributed by atoms with Gasteiger partial charge in [-0.05, 0) is 37.0 Å². The monoisotopic (exact) mass is 468 g/mol. The first-order valence-corrected chi connectivity index (χ1v) is 15.8. The summed E-state index contributed by atoms with van der Waals surface area (Å²) < 4.78 is 12.8. The highest BCUT2D eigenvalue weighted by Gasteiger charge is 2.42. The number of ether oxygens (including phenoxy) is 1. The minimum atomic E-state index is -1.97. The van der Waals surface area contributed by atoms with Gasteiger partial charge in [0.15, 0.2) is 8.32 Å². The third-order valence-electron chi connectivity index (χ3n) is 6.12. The molecule has 0 unspecified atom stereocenters. The predicted octanol–water partition coefficient (Wildman–Crippen LogP) is 6.34. The molecular weight excluding hydrogens is 428 g/mol. The summed E-state index contributed by atoms with van der Waals surface area (Å²) in [7, 11) is -1.97. The van der Waals surface area contributed by atoms with E-state index in [1.165, 1.54) is 17.1 Å². The zero-order valence-corrected chi connectivity index (χ0v) is 22.2. The van der Waals surface area contributed by atoms with Crippen LogP contribution in [0, 0.1) is 5.92 Å². The second-order valence-electron chi connectivity index (χ2n) is 9.75. The Labute approximate surface area is 193 Å². The molecule has 1 aromatic rings. The standard InChI is InChI=1S/C24H40O3S2Si/c1-23(2,3)30(5,6)27-22(21(18-25)17-24(4)28-15-16-29-24)13-10-14-26-19-20-11-8-7-9-12-20/h7-13,21-22,25H,14-19H2,1-6H3/b13-10+/t21-,22-/m1/s1. The molecule has 3 nitrogen and oxygen atoms in total. The molecule has 0 aromatic heterocycles. The topological polar surface area (TPSA) is 38.7 Å². The minimum absolute atomic E-state index is 0.0881. The lowest BCUT2D eigenvalue weighted by atomic mass is 9.97. The van der Waals surface area contributed by atoms with Gasteiger partial charge in [-0.25, -0.2) is 0 Å². The van der Waals surface area contributed by atoms with Gasteiger partial charge in [0.2, 0.25) is 0 Å². The third kappa shape index (κ3) is 8.03. The fourth-order valence-electron chi connectivity index (χ4n) is 3.25. The van der Waals surface area contributed by atoms with E-state index in [0.717, 1.165) is 6.42 Å². The zero-order chi connectivity index (χ0) is 22.3. The molecule has 1 aliphatic rings. The maximum atomic E-state index is 10.3. The summed E-state index contributed by atoms with van der Waals surface area (Å²) in [5, 5.41) is 10.4. The SMILES string of the molecule is CC1(C[C@H](CO)[C@@H](/C=C/COCc2ccccc2)O[Si](C)(C)C(C)(C)C)SCCS1. The first-order chi connectivity index (χ1) is 14.1. The summed E-state index contributed by atoms with van der Waals surface area (Å²) in [5.41, 5.74) is 1.18.